The zero-order valence-electron chi connectivity index (χ0n) is 11.1. The van der Waals surface area contributed by atoms with E-state index in [-0.39, 0.29) is 0 Å². The molecule has 0 spiro atoms. The molecule has 0 unspecified atom stereocenters. The summed E-state index contributed by atoms with van der Waals surface area (Å²) >= 11 is 5.72. The minimum absolute atomic E-state index is 0.336. The SMILES string of the molecule is C=CCc1cccc(CC=C)c1Oc1ccc(Cl)nn1. The third-order valence-corrected chi connectivity index (χ3v) is 2.92. The molecule has 3 nitrogen and oxygen atoms in total. The van der Waals surface area contributed by atoms with Gasteiger partial charge in [-0.1, -0.05) is 42.0 Å². The van der Waals surface area contributed by atoms with Gasteiger partial charge in [-0.2, -0.15) is 0 Å². The lowest BCUT2D eigenvalue weighted by molar-refractivity contribution is 0.446. The van der Waals surface area contributed by atoms with Gasteiger partial charge in [-0.05, 0) is 30.0 Å². The van der Waals surface area contributed by atoms with Gasteiger partial charge in [-0.15, -0.1) is 23.4 Å². The summed E-state index contributed by atoms with van der Waals surface area (Å²) in [6, 6.07) is 9.35. The van der Waals surface area contributed by atoms with Crippen molar-refractivity contribution in [1.82, 2.24) is 10.2 Å². The first-order valence-electron chi connectivity index (χ1n) is 6.24. The van der Waals surface area contributed by atoms with Crippen LogP contribution in [0.4, 0.5) is 0 Å². The van der Waals surface area contributed by atoms with Gasteiger partial charge in [-0.3, -0.25) is 0 Å². The van der Waals surface area contributed by atoms with Crippen LogP contribution in [-0.2, 0) is 12.8 Å². The summed E-state index contributed by atoms with van der Waals surface area (Å²) in [7, 11) is 0. The Morgan fingerprint density at radius 2 is 1.65 bits per heavy atom. The lowest BCUT2D eigenvalue weighted by atomic mass is 10.0. The Morgan fingerprint density at radius 3 is 2.15 bits per heavy atom. The summed E-state index contributed by atoms with van der Waals surface area (Å²) in [5, 5.41) is 8.03. The van der Waals surface area contributed by atoms with E-state index in [9.17, 15) is 0 Å². The highest BCUT2D eigenvalue weighted by Gasteiger charge is 2.10. The van der Waals surface area contributed by atoms with Crippen molar-refractivity contribution in [3.63, 3.8) is 0 Å². The number of nitrogens with zero attached hydrogens (tertiary/aromatic N) is 2. The number of ether oxygens (including phenoxy) is 1. The number of para-hydroxylation sites is 1. The van der Waals surface area contributed by atoms with Crippen LogP contribution in [0, 0.1) is 0 Å². The first-order valence-corrected chi connectivity index (χ1v) is 6.62. The summed E-state index contributed by atoms with van der Waals surface area (Å²) in [5.41, 5.74) is 2.10. The summed E-state index contributed by atoms with van der Waals surface area (Å²) in [5.74, 6) is 1.19. The molecule has 0 amide bonds. The molecule has 1 aromatic carbocycles. The molecule has 2 rings (SSSR count). The second-order valence-electron chi connectivity index (χ2n) is 4.19. The van der Waals surface area contributed by atoms with Crippen molar-refractivity contribution in [3.8, 4) is 11.6 Å². The van der Waals surface area contributed by atoms with E-state index in [1.165, 1.54) is 0 Å². The lowest BCUT2D eigenvalue weighted by Gasteiger charge is -2.13. The van der Waals surface area contributed by atoms with E-state index in [1.807, 2.05) is 30.4 Å². The van der Waals surface area contributed by atoms with Crippen LogP contribution in [0.15, 0.2) is 55.6 Å². The Kier molecular flexibility index (Phi) is 4.91. The van der Waals surface area contributed by atoms with E-state index >= 15 is 0 Å². The molecular weight excluding hydrogens is 272 g/mol. The molecule has 4 heteroatoms. The second kappa shape index (κ2) is 6.87. The zero-order valence-corrected chi connectivity index (χ0v) is 11.8. The van der Waals surface area contributed by atoms with Crippen LogP contribution in [-0.4, -0.2) is 10.2 Å². The minimum Gasteiger partial charge on any atom is -0.437 e. The Labute approximate surface area is 123 Å². The number of halogens is 1. The molecular formula is C16H15ClN2O. The molecule has 0 fully saturated rings. The maximum atomic E-state index is 5.87. The Balaban J connectivity index is 2.38. The quantitative estimate of drug-likeness (QED) is 0.739. The van der Waals surface area contributed by atoms with Crippen LogP contribution < -0.4 is 4.74 Å². The molecule has 2 aromatic rings. The Morgan fingerprint density at radius 1 is 1.00 bits per heavy atom. The molecule has 1 aromatic heterocycles. The predicted molar refractivity (Wildman–Crippen MR) is 81.4 cm³/mol. The lowest BCUT2D eigenvalue weighted by Crippen LogP contribution is -1.98. The summed E-state index contributed by atoms with van der Waals surface area (Å²) < 4.78 is 5.87. The van der Waals surface area contributed by atoms with Crippen molar-refractivity contribution in [2.75, 3.05) is 0 Å². The molecule has 0 aliphatic rings. The first-order chi connectivity index (χ1) is 9.74. The molecule has 0 radical (unpaired) electrons. The van der Waals surface area contributed by atoms with Gasteiger partial charge in [-0.25, -0.2) is 0 Å². The van der Waals surface area contributed by atoms with E-state index in [2.05, 4.69) is 23.4 Å². The number of allylic oxidation sites excluding steroid dienone is 2. The fraction of sp³-hybridized carbons (Fsp3) is 0.125. The molecule has 1 heterocycles. The third kappa shape index (κ3) is 3.45. The highest BCUT2D eigenvalue weighted by atomic mass is 35.5. The largest absolute Gasteiger partial charge is 0.437 e. The van der Waals surface area contributed by atoms with Crippen LogP contribution in [0.1, 0.15) is 11.1 Å². The van der Waals surface area contributed by atoms with Crippen LogP contribution in [0.25, 0.3) is 0 Å². The number of hydrogen-bond acceptors (Lipinski definition) is 3. The molecule has 0 aliphatic carbocycles. The summed E-state index contributed by atoms with van der Waals surface area (Å²) in [6.07, 6.45) is 5.13. The van der Waals surface area contributed by atoms with Crippen molar-refractivity contribution in [1.29, 1.82) is 0 Å². The highest BCUT2D eigenvalue weighted by molar-refractivity contribution is 6.29. The number of aromatic nitrogens is 2. The van der Waals surface area contributed by atoms with Crippen LogP contribution in [0.5, 0.6) is 11.6 Å². The van der Waals surface area contributed by atoms with Crippen molar-refractivity contribution >= 4 is 11.6 Å². The highest BCUT2D eigenvalue weighted by Crippen LogP contribution is 2.29. The molecule has 0 saturated heterocycles. The first kappa shape index (κ1) is 14.3. The molecule has 0 atom stereocenters. The van der Waals surface area contributed by atoms with Gasteiger partial charge in [0.05, 0.1) is 0 Å². The fourth-order valence-electron chi connectivity index (χ4n) is 1.86. The van der Waals surface area contributed by atoms with Gasteiger partial charge in [0.15, 0.2) is 5.15 Å². The van der Waals surface area contributed by atoms with E-state index < -0.39 is 0 Å². The van der Waals surface area contributed by atoms with Gasteiger partial charge in [0, 0.05) is 6.07 Å². The van der Waals surface area contributed by atoms with Gasteiger partial charge < -0.3 is 4.74 Å². The van der Waals surface area contributed by atoms with E-state index in [4.69, 9.17) is 16.3 Å². The summed E-state index contributed by atoms with van der Waals surface area (Å²) in [4.78, 5) is 0. The van der Waals surface area contributed by atoms with Crippen molar-refractivity contribution in [3.05, 3.63) is 71.9 Å². The van der Waals surface area contributed by atoms with E-state index in [0.29, 0.717) is 11.0 Å². The number of rotatable bonds is 6. The average molecular weight is 287 g/mol. The van der Waals surface area contributed by atoms with Crippen LogP contribution in [0.2, 0.25) is 5.15 Å². The topological polar surface area (TPSA) is 35.0 Å². The zero-order chi connectivity index (χ0) is 14.4. The monoisotopic (exact) mass is 286 g/mol. The smallest absolute Gasteiger partial charge is 0.238 e. The molecule has 102 valence electrons. The van der Waals surface area contributed by atoms with Gasteiger partial charge in [0.2, 0.25) is 5.88 Å². The minimum atomic E-state index is 0.336. The molecule has 0 aliphatic heterocycles. The molecule has 0 saturated carbocycles. The average Bonchev–Trinajstić information content (AvgIpc) is 2.45. The van der Waals surface area contributed by atoms with Crippen molar-refractivity contribution < 1.29 is 4.74 Å². The number of hydrogen-bond donors (Lipinski definition) is 0. The predicted octanol–water partition coefficient (Wildman–Crippen LogP) is 4.38. The Bertz CT molecular complexity index is 580. The Hall–Kier alpha value is -2.13. The van der Waals surface area contributed by atoms with Gasteiger partial charge in [0.1, 0.15) is 5.75 Å². The van der Waals surface area contributed by atoms with E-state index in [1.54, 1.807) is 12.1 Å². The standard InChI is InChI=1S/C16H15ClN2O/c1-3-6-12-8-5-9-13(7-4-2)16(12)20-15-11-10-14(17)18-19-15/h3-5,8-11H,1-2,6-7H2. The van der Waals surface area contributed by atoms with Gasteiger partial charge in [0.25, 0.3) is 0 Å². The maximum Gasteiger partial charge on any atom is 0.238 e. The summed E-state index contributed by atoms with van der Waals surface area (Å²) in [6.45, 7) is 7.54. The van der Waals surface area contributed by atoms with Crippen molar-refractivity contribution in [2.24, 2.45) is 0 Å². The third-order valence-electron chi connectivity index (χ3n) is 2.72. The molecule has 0 bridgehead atoms. The second-order valence-corrected chi connectivity index (χ2v) is 4.57. The molecule has 20 heavy (non-hydrogen) atoms. The fourth-order valence-corrected chi connectivity index (χ4v) is 1.97. The van der Waals surface area contributed by atoms with E-state index in [0.717, 1.165) is 29.7 Å². The molecule has 0 N–H and O–H groups in total. The number of benzene rings is 1. The van der Waals surface area contributed by atoms with Crippen LogP contribution in [0.3, 0.4) is 0 Å². The van der Waals surface area contributed by atoms with Gasteiger partial charge >= 0.3 is 0 Å². The normalized spacial score (nSPS) is 10.1. The van der Waals surface area contributed by atoms with Crippen molar-refractivity contribution in [2.45, 2.75) is 12.8 Å². The maximum absolute atomic E-state index is 5.87. The van der Waals surface area contributed by atoms with Crippen LogP contribution >= 0.6 is 11.6 Å².